The molecule has 2 rings (SSSR count). The van der Waals surface area contributed by atoms with Crippen LogP contribution >= 0.6 is 11.8 Å². The summed E-state index contributed by atoms with van der Waals surface area (Å²) < 4.78 is 24.3. The van der Waals surface area contributed by atoms with Crippen molar-refractivity contribution in [1.29, 1.82) is 0 Å². The maximum Gasteiger partial charge on any atom is 0.288 e. The lowest BCUT2D eigenvalue weighted by molar-refractivity contribution is -0.123. The van der Waals surface area contributed by atoms with Crippen molar-refractivity contribution < 1.29 is 18.4 Å². The highest BCUT2D eigenvalue weighted by Gasteiger charge is 2.27. The normalized spacial score (nSPS) is 18.5. The van der Waals surface area contributed by atoms with Crippen molar-refractivity contribution in [2.24, 2.45) is 5.92 Å². The zero-order chi connectivity index (χ0) is 13.8. The van der Waals surface area contributed by atoms with E-state index in [1.54, 1.807) is 12.1 Å². The van der Waals surface area contributed by atoms with Gasteiger partial charge in [-0.15, -0.1) is 0 Å². The van der Waals surface area contributed by atoms with Gasteiger partial charge in [-0.1, -0.05) is 11.8 Å². The molecule has 1 atom stereocenters. The number of carbonyl (C=O) groups is 2. The Morgan fingerprint density at radius 2 is 2.05 bits per heavy atom. The van der Waals surface area contributed by atoms with Crippen LogP contribution in [0, 0.1) is 5.92 Å². The molecule has 0 aliphatic carbocycles. The van der Waals surface area contributed by atoms with Crippen molar-refractivity contribution in [1.82, 2.24) is 5.32 Å². The fourth-order valence-electron chi connectivity index (χ4n) is 1.75. The van der Waals surface area contributed by atoms with E-state index in [0.29, 0.717) is 28.9 Å². The number of carbonyl (C=O) groups excluding carboxylic acids is 2. The van der Waals surface area contributed by atoms with E-state index in [9.17, 15) is 18.4 Å². The fourth-order valence-corrected chi connectivity index (χ4v) is 2.25. The van der Waals surface area contributed by atoms with Crippen LogP contribution in [0.1, 0.15) is 6.42 Å². The Morgan fingerprint density at radius 3 is 2.58 bits per heavy atom. The maximum absolute atomic E-state index is 12.1. The van der Waals surface area contributed by atoms with Crippen LogP contribution in [0.15, 0.2) is 29.2 Å². The molecular formula is C12H12F2N2O2S. The monoisotopic (exact) mass is 286 g/mol. The molecule has 2 N–H and O–H groups in total. The van der Waals surface area contributed by atoms with Crippen LogP contribution in [0.4, 0.5) is 14.5 Å². The third-order valence-corrected chi connectivity index (χ3v) is 3.42. The van der Waals surface area contributed by atoms with E-state index in [1.807, 2.05) is 0 Å². The molecular weight excluding hydrogens is 274 g/mol. The molecule has 1 unspecified atom stereocenters. The Morgan fingerprint density at radius 1 is 1.37 bits per heavy atom. The summed E-state index contributed by atoms with van der Waals surface area (Å²) in [5, 5.41) is 5.24. The molecule has 0 saturated carbocycles. The number of benzene rings is 1. The molecule has 1 heterocycles. The number of alkyl halides is 2. The summed E-state index contributed by atoms with van der Waals surface area (Å²) in [6.07, 6.45) is 0.186. The second kappa shape index (κ2) is 6.01. The van der Waals surface area contributed by atoms with Gasteiger partial charge in [0.1, 0.15) is 0 Å². The quantitative estimate of drug-likeness (QED) is 0.833. The first kappa shape index (κ1) is 13.8. The molecule has 7 heteroatoms. The van der Waals surface area contributed by atoms with Gasteiger partial charge in [0.05, 0.1) is 5.92 Å². The lowest BCUT2D eigenvalue weighted by Gasteiger charge is -2.09. The number of amides is 2. The van der Waals surface area contributed by atoms with Crippen LogP contribution in [-0.4, -0.2) is 24.1 Å². The number of nitrogens with one attached hydrogen (secondary N) is 2. The van der Waals surface area contributed by atoms with E-state index in [-0.39, 0.29) is 24.2 Å². The molecule has 102 valence electrons. The average Bonchev–Trinajstić information content (AvgIpc) is 2.78. The molecule has 2 amide bonds. The van der Waals surface area contributed by atoms with Gasteiger partial charge in [-0.25, -0.2) is 0 Å². The summed E-state index contributed by atoms with van der Waals surface area (Å²) in [6, 6.07) is 6.16. The molecule has 0 bridgehead atoms. The highest BCUT2D eigenvalue weighted by molar-refractivity contribution is 7.99. The first-order valence-electron chi connectivity index (χ1n) is 5.67. The predicted octanol–water partition coefficient (Wildman–Crippen LogP) is 2.08. The molecule has 0 radical (unpaired) electrons. The van der Waals surface area contributed by atoms with Gasteiger partial charge < -0.3 is 10.6 Å². The lowest BCUT2D eigenvalue weighted by Crippen LogP contribution is -2.24. The molecule has 1 saturated heterocycles. The maximum atomic E-state index is 12.1. The molecule has 1 aromatic carbocycles. The van der Waals surface area contributed by atoms with Crippen molar-refractivity contribution in [3.8, 4) is 0 Å². The van der Waals surface area contributed by atoms with Crippen LogP contribution in [0.3, 0.4) is 0 Å². The Labute approximate surface area is 112 Å². The van der Waals surface area contributed by atoms with Crippen LogP contribution in [0.2, 0.25) is 0 Å². The van der Waals surface area contributed by atoms with E-state index in [4.69, 9.17) is 0 Å². The minimum Gasteiger partial charge on any atom is -0.355 e. The van der Waals surface area contributed by atoms with Crippen LogP contribution < -0.4 is 10.6 Å². The Kier molecular flexibility index (Phi) is 4.36. The van der Waals surface area contributed by atoms with Crippen LogP contribution in [-0.2, 0) is 9.59 Å². The summed E-state index contributed by atoms with van der Waals surface area (Å²) in [5.74, 6) is -3.21. The SMILES string of the molecule is O=C1CC(C(=O)Nc2ccc(SC(F)F)cc2)CN1. The summed E-state index contributed by atoms with van der Waals surface area (Å²) in [5.41, 5.74) is 0.531. The van der Waals surface area contributed by atoms with Gasteiger partial charge in [-0.2, -0.15) is 8.78 Å². The van der Waals surface area contributed by atoms with E-state index in [0.717, 1.165) is 0 Å². The summed E-state index contributed by atoms with van der Waals surface area (Å²) in [7, 11) is 0. The largest absolute Gasteiger partial charge is 0.355 e. The first-order valence-corrected chi connectivity index (χ1v) is 6.55. The molecule has 1 aliphatic rings. The van der Waals surface area contributed by atoms with Crippen LogP contribution in [0.5, 0.6) is 0 Å². The molecule has 19 heavy (non-hydrogen) atoms. The second-order valence-corrected chi connectivity index (χ2v) is 5.16. The molecule has 1 aromatic rings. The Bertz CT molecular complexity index is 479. The van der Waals surface area contributed by atoms with Crippen molar-refractivity contribution in [3.63, 3.8) is 0 Å². The molecule has 4 nitrogen and oxygen atoms in total. The number of rotatable bonds is 4. The van der Waals surface area contributed by atoms with Crippen LogP contribution in [0.25, 0.3) is 0 Å². The summed E-state index contributed by atoms with van der Waals surface area (Å²) >= 11 is 0.451. The predicted molar refractivity (Wildman–Crippen MR) is 68.0 cm³/mol. The number of thioether (sulfide) groups is 1. The molecule has 1 fully saturated rings. The van der Waals surface area contributed by atoms with E-state index in [1.165, 1.54) is 12.1 Å². The Hall–Kier alpha value is -1.63. The third-order valence-electron chi connectivity index (χ3n) is 2.70. The number of hydrogen-bond donors (Lipinski definition) is 2. The minimum atomic E-state index is -2.46. The number of hydrogen-bond acceptors (Lipinski definition) is 3. The first-order chi connectivity index (χ1) is 9.04. The zero-order valence-electron chi connectivity index (χ0n) is 9.86. The van der Waals surface area contributed by atoms with Gasteiger partial charge in [-0.05, 0) is 24.3 Å². The van der Waals surface area contributed by atoms with Gasteiger partial charge in [0.25, 0.3) is 5.76 Å². The third kappa shape index (κ3) is 3.92. The summed E-state index contributed by atoms with van der Waals surface area (Å²) in [6.45, 7) is 0.337. The molecule has 0 aromatic heterocycles. The van der Waals surface area contributed by atoms with Gasteiger partial charge in [0, 0.05) is 23.5 Å². The Balaban J connectivity index is 1.92. The second-order valence-electron chi connectivity index (χ2n) is 4.10. The smallest absolute Gasteiger partial charge is 0.288 e. The number of anilines is 1. The van der Waals surface area contributed by atoms with E-state index >= 15 is 0 Å². The average molecular weight is 286 g/mol. The van der Waals surface area contributed by atoms with Crippen molar-refractivity contribution in [3.05, 3.63) is 24.3 Å². The lowest BCUT2D eigenvalue weighted by atomic mass is 10.1. The fraction of sp³-hybridized carbons (Fsp3) is 0.333. The van der Waals surface area contributed by atoms with Crippen molar-refractivity contribution >= 4 is 29.3 Å². The topological polar surface area (TPSA) is 58.2 Å². The molecule has 1 aliphatic heterocycles. The number of halogens is 2. The highest BCUT2D eigenvalue weighted by atomic mass is 32.2. The molecule has 0 spiro atoms. The van der Waals surface area contributed by atoms with E-state index in [2.05, 4.69) is 10.6 Å². The van der Waals surface area contributed by atoms with Gasteiger partial charge in [-0.3, -0.25) is 9.59 Å². The summed E-state index contributed by atoms with van der Waals surface area (Å²) in [4.78, 5) is 23.2. The van der Waals surface area contributed by atoms with E-state index < -0.39 is 5.76 Å². The zero-order valence-corrected chi connectivity index (χ0v) is 10.7. The van der Waals surface area contributed by atoms with Crippen molar-refractivity contribution in [2.45, 2.75) is 17.1 Å². The standard InChI is InChI=1S/C12H12F2N2O2S/c13-12(14)19-9-3-1-8(2-4-9)16-11(18)7-5-10(17)15-6-7/h1-4,7,12H,5-6H2,(H,15,17)(H,16,18). The van der Waals surface area contributed by atoms with Gasteiger partial charge in [0.2, 0.25) is 11.8 Å². The van der Waals surface area contributed by atoms with Crippen molar-refractivity contribution in [2.75, 3.05) is 11.9 Å². The van der Waals surface area contributed by atoms with Gasteiger partial charge in [0.15, 0.2) is 0 Å². The minimum absolute atomic E-state index is 0.135. The van der Waals surface area contributed by atoms with Gasteiger partial charge >= 0.3 is 0 Å². The highest BCUT2D eigenvalue weighted by Crippen LogP contribution is 2.26.